The summed E-state index contributed by atoms with van der Waals surface area (Å²) < 4.78 is 0. The zero-order valence-corrected chi connectivity index (χ0v) is 15.5. The normalized spacial score (nSPS) is 16.0. The molecule has 2 N–H and O–H groups in total. The van der Waals surface area contributed by atoms with Crippen LogP contribution < -0.4 is 10.6 Å². The molecule has 3 amide bonds. The van der Waals surface area contributed by atoms with Crippen molar-refractivity contribution >= 4 is 40.8 Å². The second-order valence-corrected chi connectivity index (χ2v) is 7.09. The van der Waals surface area contributed by atoms with Crippen molar-refractivity contribution in [1.29, 1.82) is 0 Å². The van der Waals surface area contributed by atoms with Crippen LogP contribution in [0.15, 0.2) is 18.2 Å². The van der Waals surface area contributed by atoms with Gasteiger partial charge >= 0.3 is 6.03 Å². The minimum atomic E-state index is -0.568. The number of amides is 3. The van der Waals surface area contributed by atoms with E-state index in [1.807, 2.05) is 18.7 Å². The van der Waals surface area contributed by atoms with Gasteiger partial charge in [-0.25, -0.2) is 4.79 Å². The summed E-state index contributed by atoms with van der Waals surface area (Å²) in [5, 5.41) is 6.06. The van der Waals surface area contributed by atoms with Crippen molar-refractivity contribution in [3.05, 3.63) is 28.2 Å². The van der Waals surface area contributed by atoms with E-state index in [-0.39, 0.29) is 16.8 Å². The van der Waals surface area contributed by atoms with Gasteiger partial charge in [-0.1, -0.05) is 43.1 Å². The monoisotopic (exact) mass is 371 g/mol. The lowest BCUT2D eigenvalue weighted by atomic mass is 10.0. The van der Waals surface area contributed by atoms with Crippen LogP contribution in [0.5, 0.6) is 0 Å². The minimum absolute atomic E-state index is 0.0139. The molecule has 1 unspecified atom stereocenters. The first-order valence-corrected chi connectivity index (χ1v) is 8.96. The van der Waals surface area contributed by atoms with E-state index < -0.39 is 12.1 Å². The van der Waals surface area contributed by atoms with E-state index in [1.54, 1.807) is 18.2 Å². The molecule has 1 aliphatic heterocycles. The van der Waals surface area contributed by atoms with Gasteiger partial charge in [0.2, 0.25) is 5.91 Å². The van der Waals surface area contributed by atoms with Crippen LogP contribution in [0, 0.1) is 5.92 Å². The number of anilines is 1. The van der Waals surface area contributed by atoms with E-state index in [9.17, 15) is 9.59 Å². The molecule has 1 saturated heterocycles. The zero-order chi connectivity index (χ0) is 17.7. The molecule has 0 aromatic heterocycles. The van der Waals surface area contributed by atoms with Gasteiger partial charge in [-0.2, -0.15) is 0 Å². The number of rotatable bonds is 4. The van der Waals surface area contributed by atoms with E-state index in [2.05, 4.69) is 10.6 Å². The largest absolute Gasteiger partial charge is 0.341 e. The molecule has 7 heteroatoms. The van der Waals surface area contributed by atoms with Gasteiger partial charge in [0.25, 0.3) is 0 Å². The Bertz CT molecular complexity index is 601. The number of nitrogens with one attached hydrogen (secondary N) is 2. The fraction of sp³-hybridized carbons (Fsp3) is 0.529. The number of benzene rings is 1. The number of piperidine rings is 1. The van der Waals surface area contributed by atoms with Gasteiger partial charge in [0.15, 0.2) is 0 Å². The molecule has 132 valence electrons. The number of carbonyl (C=O) groups is 2. The molecule has 1 aromatic carbocycles. The Kier molecular flexibility index (Phi) is 6.75. The smallest absolute Gasteiger partial charge is 0.319 e. The Morgan fingerprint density at radius 1 is 1.12 bits per heavy atom. The fourth-order valence-electron chi connectivity index (χ4n) is 2.72. The highest BCUT2D eigenvalue weighted by Gasteiger charge is 2.29. The predicted molar refractivity (Wildman–Crippen MR) is 97.7 cm³/mol. The van der Waals surface area contributed by atoms with Gasteiger partial charge in [-0.05, 0) is 37.3 Å². The lowest BCUT2D eigenvalue weighted by Crippen LogP contribution is -2.53. The third-order valence-corrected chi connectivity index (χ3v) is 4.91. The number of hydrogen-bond acceptors (Lipinski definition) is 2. The molecule has 1 aliphatic rings. The molecule has 0 radical (unpaired) electrons. The summed E-state index contributed by atoms with van der Waals surface area (Å²) in [6.07, 6.45) is 3.18. The molecule has 2 rings (SSSR count). The zero-order valence-electron chi connectivity index (χ0n) is 13.9. The van der Waals surface area contributed by atoms with Crippen molar-refractivity contribution in [2.75, 3.05) is 18.4 Å². The van der Waals surface area contributed by atoms with Crippen LogP contribution >= 0.6 is 23.2 Å². The van der Waals surface area contributed by atoms with Crippen molar-refractivity contribution in [1.82, 2.24) is 10.2 Å². The standard InChI is InChI=1S/C17H23Cl2N3O2/c1-11(2)15(16(23)22-9-4-3-5-10-22)21-17(24)20-13-8-6-7-12(18)14(13)19/h6-8,11,15H,3-5,9-10H2,1-2H3,(H2,20,21,24). The van der Waals surface area contributed by atoms with Gasteiger partial charge in [0.05, 0.1) is 15.7 Å². The highest BCUT2D eigenvalue weighted by Crippen LogP contribution is 2.29. The molecule has 0 spiro atoms. The first-order chi connectivity index (χ1) is 11.4. The topological polar surface area (TPSA) is 61.4 Å². The average molecular weight is 372 g/mol. The average Bonchev–Trinajstić information content (AvgIpc) is 2.57. The maximum atomic E-state index is 12.7. The fourth-order valence-corrected chi connectivity index (χ4v) is 3.07. The molecule has 0 saturated carbocycles. The van der Waals surface area contributed by atoms with Crippen molar-refractivity contribution in [2.45, 2.75) is 39.2 Å². The van der Waals surface area contributed by atoms with Gasteiger partial charge < -0.3 is 15.5 Å². The van der Waals surface area contributed by atoms with Crippen LogP contribution in [0.3, 0.4) is 0 Å². The third kappa shape index (κ3) is 4.77. The van der Waals surface area contributed by atoms with Crippen LogP contribution in [-0.4, -0.2) is 36.0 Å². The summed E-state index contributed by atoms with van der Waals surface area (Å²) in [4.78, 5) is 26.8. The number of urea groups is 1. The van der Waals surface area contributed by atoms with Crippen LogP contribution in [0.2, 0.25) is 10.0 Å². The molecular formula is C17H23Cl2N3O2. The molecule has 1 aromatic rings. The van der Waals surface area contributed by atoms with Crippen LogP contribution in [0.4, 0.5) is 10.5 Å². The summed E-state index contributed by atoms with van der Waals surface area (Å²) in [7, 11) is 0. The van der Waals surface area contributed by atoms with Crippen LogP contribution in [0.25, 0.3) is 0 Å². The van der Waals surface area contributed by atoms with Gasteiger partial charge in [0.1, 0.15) is 6.04 Å². The van der Waals surface area contributed by atoms with E-state index in [0.29, 0.717) is 10.7 Å². The van der Waals surface area contributed by atoms with E-state index in [1.165, 1.54) is 0 Å². The van der Waals surface area contributed by atoms with Gasteiger partial charge in [-0.3, -0.25) is 4.79 Å². The van der Waals surface area contributed by atoms with Crippen molar-refractivity contribution in [3.8, 4) is 0 Å². The molecule has 1 heterocycles. The summed E-state index contributed by atoms with van der Waals surface area (Å²) in [6, 6.07) is 3.96. The molecule has 5 nitrogen and oxygen atoms in total. The summed E-state index contributed by atoms with van der Waals surface area (Å²) in [6.45, 7) is 5.34. The third-order valence-electron chi connectivity index (χ3n) is 4.09. The van der Waals surface area contributed by atoms with Crippen molar-refractivity contribution in [3.63, 3.8) is 0 Å². The van der Waals surface area contributed by atoms with Crippen molar-refractivity contribution in [2.24, 2.45) is 5.92 Å². The lowest BCUT2D eigenvalue weighted by Gasteiger charge is -2.32. The van der Waals surface area contributed by atoms with Crippen LogP contribution in [-0.2, 0) is 4.79 Å². The first kappa shape index (κ1) is 18.9. The first-order valence-electron chi connectivity index (χ1n) is 8.20. The second-order valence-electron chi connectivity index (χ2n) is 6.31. The van der Waals surface area contributed by atoms with Gasteiger partial charge in [-0.15, -0.1) is 0 Å². The number of carbonyl (C=O) groups excluding carboxylic acids is 2. The number of likely N-dealkylation sites (tertiary alicyclic amines) is 1. The quantitative estimate of drug-likeness (QED) is 0.834. The SMILES string of the molecule is CC(C)C(NC(=O)Nc1cccc(Cl)c1Cl)C(=O)N1CCCCC1. The molecule has 0 aliphatic carbocycles. The predicted octanol–water partition coefficient (Wildman–Crippen LogP) is 4.15. The second kappa shape index (κ2) is 8.58. The number of halogens is 2. The van der Waals surface area contributed by atoms with Crippen molar-refractivity contribution < 1.29 is 9.59 Å². The Morgan fingerprint density at radius 2 is 1.79 bits per heavy atom. The molecule has 1 atom stereocenters. The van der Waals surface area contributed by atoms with Gasteiger partial charge in [0, 0.05) is 13.1 Å². The molecule has 1 fully saturated rings. The molecular weight excluding hydrogens is 349 g/mol. The number of nitrogens with zero attached hydrogens (tertiary/aromatic N) is 1. The number of hydrogen-bond donors (Lipinski definition) is 2. The minimum Gasteiger partial charge on any atom is -0.341 e. The molecule has 24 heavy (non-hydrogen) atoms. The summed E-state index contributed by atoms with van der Waals surface area (Å²) >= 11 is 12.0. The highest BCUT2D eigenvalue weighted by molar-refractivity contribution is 6.43. The summed E-state index contributed by atoms with van der Waals surface area (Å²) in [5.74, 6) is -0.0444. The lowest BCUT2D eigenvalue weighted by molar-refractivity contribution is -0.135. The maximum absolute atomic E-state index is 12.7. The van der Waals surface area contributed by atoms with E-state index in [4.69, 9.17) is 23.2 Å². The van der Waals surface area contributed by atoms with E-state index in [0.717, 1.165) is 32.4 Å². The summed E-state index contributed by atoms with van der Waals surface area (Å²) in [5.41, 5.74) is 0.412. The maximum Gasteiger partial charge on any atom is 0.319 e. The highest BCUT2D eigenvalue weighted by atomic mass is 35.5. The Balaban J connectivity index is 2.02. The van der Waals surface area contributed by atoms with E-state index >= 15 is 0 Å². The Morgan fingerprint density at radius 3 is 2.42 bits per heavy atom. The molecule has 0 bridgehead atoms. The Hall–Kier alpha value is -1.46. The van der Waals surface area contributed by atoms with Crippen LogP contribution in [0.1, 0.15) is 33.1 Å². The Labute approximate surface area is 152 Å².